The number of hydrogen-bond donors (Lipinski definition) is 2. The number of rotatable bonds is 5. The number of carbonyl (C=O) groups excluding carboxylic acids is 1. The number of allylic oxidation sites excluding steroid dienone is 1. The molecule has 0 aliphatic carbocycles. The van der Waals surface area contributed by atoms with Crippen molar-refractivity contribution < 1.29 is 4.79 Å². The Kier molecular flexibility index (Phi) is 6.18. The van der Waals surface area contributed by atoms with Crippen LogP contribution in [-0.2, 0) is 4.79 Å². The average molecular weight is 185 g/mol. The molecule has 0 aromatic carbocycles. The quantitative estimate of drug-likeness (QED) is 0.492. The van der Waals surface area contributed by atoms with Gasteiger partial charge in [0.1, 0.15) is 0 Å². The minimum Gasteiger partial charge on any atom is -0.267 e. The summed E-state index contributed by atoms with van der Waals surface area (Å²) < 4.78 is 0. The number of unbranched alkanes of at least 4 members (excludes halogenated alkanes) is 1. The molecule has 0 aromatic heterocycles. The maximum absolute atomic E-state index is 11.5. The van der Waals surface area contributed by atoms with E-state index in [1.165, 1.54) is 5.12 Å². The lowest BCUT2D eigenvalue weighted by Crippen LogP contribution is -2.48. The highest BCUT2D eigenvalue weighted by molar-refractivity contribution is 5.92. The van der Waals surface area contributed by atoms with E-state index in [0.717, 1.165) is 18.4 Å². The number of nitrogens with zero attached hydrogens (tertiary/aromatic N) is 1. The number of nitrogens with one attached hydrogen (secondary N) is 2. The zero-order valence-corrected chi connectivity index (χ0v) is 8.85. The lowest BCUT2D eigenvalue weighted by molar-refractivity contribution is -0.132. The van der Waals surface area contributed by atoms with Gasteiger partial charge in [0.05, 0.1) is 0 Å². The van der Waals surface area contributed by atoms with Crippen molar-refractivity contribution in [2.24, 2.45) is 0 Å². The maximum Gasteiger partial charge on any atom is 0.278 e. The third-order valence-electron chi connectivity index (χ3n) is 1.73. The van der Waals surface area contributed by atoms with E-state index in [1.807, 2.05) is 13.0 Å². The molecule has 0 aliphatic rings. The zero-order chi connectivity index (χ0) is 10.3. The molecule has 0 saturated carbocycles. The normalized spacial score (nSPS) is 11.5. The maximum atomic E-state index is 11.5. The fourth-order valence-corrected chi connectivity index (χ4v) is 0.939. The van der Waals surface area contributed by atoms with Crippen LogP contribution in [0.3, 0.4) is 0 Å². The number of hydrazine groups is 2. The third kappa shape index (κ3) is 4.05. The number of hydrogen-bond acceptors (Lipinski definition) is 3. The van der Waals surface area contributed by atoms with E-state index in [1.54, 1.807) is 14.1 Å². The summed E-state index contributed by atoms with van der Waals surface area (Å²) in [6, 6.07) is 0. The van der Waals surface area contributed by atoms with Gasteiger partial charge in [-0.15, -0.1) is 0 Å². The van der Waals surface area contributed by atoms with Gasteiger partial charge in [-0.3, -0.25) is 4.79 Å². The monoisotopic (exact) mass is 185 g/mol. The number of amides is 1. The smallest absolute Gasteiger partial charge is 0.267 e. The third-order valence-corrected chi connectivity index (χ3v) is 1.73. The molecular formula is C9H19N3O. The van der Waals surface area contributed by atoms with Crippen molar-refractivity contribution in [2.45, 2.75) is 26.7 Å². The van der Waals surface area contributed by atoms with Gasteiger partial charge in [-0.2, -0.15) is 0 Å². The van der Waals surface area contributed by atoms with Crippen LogP contribution >= 0.6 is 0 Å². The first kappa shape index (κ1) is 12.1. The lowest BCUT2D eigenvalue weighted by atomic mass is 10.2. The van der Waals surface area contributed by atoms with Crippen molar-refractivity contribution in [3.05, 3.63) is 11.6 Å². The van der Waals surface area contributed by atoms with Crippen molar-refractivity contribution in [1.29, 1.82) is 0 Å². The van der Waals surface area contributed by atoms with Crippen LogP contribution in [0, 0.1) is 0 Å². The second-order valence-corrected chi connectivity index (χ2v) is 2.76. The second-order valence-electron chi connectivity index (χ2n) is 2.76. The van der Waals surface area contributed by atoms with Gasteiger partial charge in [0.25, 0.3) is 5.91 Å². The fraction of sp³-hybridized carbons (Fsp3) is 0.667. The summed E-state index contributed by atoms with van der Waals surface area (Å²) in [5.41, 5.74) is 6.24. The standard InChI is InChI=1S/C9H19N3O/c1-5-6-7-8(2)9(13)12(10-3)11-4/h7,10-11H,5-6H2,1-4H3/b8-7+. The Hall–Kier alpha value is -0.870. The molecule has 0 radical (unpaired) electrons. The Morgan fingerprint density at radius 1 is 1.38 bits per heavy atom. The van der Waals surface area contributed by atoms with Gasteiger partial charge >= 0.3 is 0 Å². The predicted molar refractivity (Wildman–Crippen MR) is 53.6 cm³/mol. The molecule has 2 N–H and O–H groups in total. The lowest BCUT2D eigenvalue weighted by Gasteiger charge is -2.19. The Morgan fingerprint density at radius 2 is 1.92 bits per heavy atom. The second kappa shape index (κ2) is 6.62. The number of carbonyl (C=O) groups is 1. The van der Waals surface area contributed by atoms with Crippen LogP contribution < -0.4 is 10.9 Å². The van der Waals surface area contributed by atoms with E-state index in [0.29, 0.717) is 0 Å². The summed E-state index contributed by atoms with van der Waals surface area (Å²) in [5, 5.41) is 1.35. The Labute approximate surface area is 79.9 Å². The highest BCUT2D eigenvalue weighted by Gasteiger charge is 2.10. The van der Waals surface area contributed by atoms with Crippen molar-refractivity contribution in [3.63, 3.8) is 0 Å². The Balaban J connectivity index is 4.22. The van der Waals surface area contributed by atoms with E-state index in [-0.39, 0.29) is 5.91 Å². The fourth-order valence-electron chi connectivity index (χ4n) is 0.939. The van der Waals surface area contributed by atoms with Gasteiger partial charge in [0, 0.05) is 19.7 Å². The summed E-state index contributed by atoms with van der Waals surface area (Å²) >= 11 is 0. The molecule has 0 fully saturated rings. The summed E-state index contributed by atoms with van der Waals surface area (Å²) in [6.45, 7) is 3.90. The van der Waals surface area contributed by atoms with E-state index in [2.05, 4.69) is 17.8 Å². The van der Waals surface area contributed by atoms with Crippen molar-refractivity contribution in [3.8, 4) is 0 Å². The molecule has 0 spiro atoms. The van der Waals surface area contributed by atoms with Crippen molar-refractivity contribution >= 4 is 5.91 Å². The minimum atomic E-state index is -0.0431. The van der Waals surface area contributed by atoms with E-state index in [9.17, 15) is 4.79 Å². The molecule has 4 nitrogen and oxygen atoms in total. The van der Waals surface area contributed by atoms with Crippen LogP contribution in [0.5, 0.6) is 0 Å². The van der Waals surface area contributed by atoms with E-state index in [4.69, 9.17) is 0 Å². The summed E-state index contributed by atoms with van der Waals surface area (Å²) in [6.07, 6.45) is 3.95. The molecule has 13 heavy (non-hydrogen) atoms. The van der Waals surface area contributed by atoms with Crippen LogP contribution in [-0.4, -0.2) is 25.1 Å². The van der Waals surface area contributed by atoms with Crippen LogP contribution in [0.1, 0.15) is 26.7 Å². The largest absolute Gasteiger partial charge is 0.278 e. The molecular weight excluding hydrogens is 166 g/mol. The summed E-state index contributed by atoms with van der Waals surface area (Å²) in [7, 11) is 3.39. The molecule has 0 heterocycles. The summed E-state index contributed by atoms with van der Waals surface area (Å²) in [4.78, 5) is 11.5. The highest BCUT2D eigenvalue weighted by Crippen LogP contribution is 2.00. The topological polar surface area (TPSA) is 44.4 Å². The molecule has 0 rings (SSSR count). The average Bonchev–Trinajstić information content (AvgIpc) is 2.15. The van der Waals surface area contributed by atoms with Gasteiger partial charge in [0.15, 0.2) is 0 Å². The van der Waals surface area contributed by atoms with Gasteiger partial charge in [-0.05, 0) is 13.3 Å². The first-order valence-corrected chi connectivity index (χ1v) is 4.53. The Bertz CT molecular complexity index is 185. The minimum absolute atomic E-state index is 0.0431. The van der Waals surface area contributed by atoms with Crippen LogP contribution in [0.2, 0.25) is 0 Å². The summed E-state index contributed by atoms with van der Waals surface area (Å²) in [5.74, 6) is -0.0431. The SMILES string of the molecule is CCC/C=C(\C)C(=O)N(NC)NC. The molecule has 76 valence electrons. The van der Waals surface area contributed by atoms with Crippen LogP contribution in [0.15, 0.2) is 11.6 Å². The van der Waals surface area contributed by atoms with Gasteiger partial charge in [-0.25, -0.2) is 16.0 Å². The van der Waals surface area contributed by atoms with Crippen LogP contribution in [0.4, 0.5) is 0 Å². The molecule has 0 unspecified atom stereocenters. The molecule has 0 atom stereocenters. The van der Waals surface area contributed by atoms with Gasteiger partial charge < -0.3 is 0 Å². The van der Waals surface area contributed by atoms with Gasteiger partial charge in [0.2, 0.25) is 0 Å². The molecule has 0 aliphatic heterocycles. The predicted octanol–water partition coefficient (Wildman–Crippen LogP) is 0.830. The first-order valence-electron chi connectivity index (χ1n) is 4.53. The van der Waals surface area contributed by atoms with E-state index < -0.39 is 0 Å². The molecule has 1 amide bonds. The van der Waals surface area contributed by atoms with Crippen LogP contribution in [0.25, 0.3) is 0 Å². The molecule has 4 heteroatoms. The molecule has 0 aromatic rings. The van der Waals surface area contributed by atoms with Gasteiger partial charge in [-0.1, -0.05) is 19.4 Å². The Morgan fingerprint density at radius 3 is 2.31 bits per heavy atom. The first-order chi connectivity index (χ1) is 6.17. The molecule has 0 bridgehead atoms. The van der Waals surface area contributed by atoms with E-state index >= 15 is 0 Å². The highest BCUT2D eigenvalue weighted by atomic mass is 16.2. The van der Waals surface area contributed by atoms with Crippen molar-refractivity contribution in [2.75, 3.05) is 14.1 Å². The zero-order valence-electron chi connectivity index (χ0n) is 8.85. The molecule has 0 saturated heterocycles. The van der Waals surface area contributed by atoms with Crippen molar-refractivity contribution in [1.82, 2.24) is 16.0 Å².